The number of halogens is 1. The Bertz CT molecular complexity index is 1080. The average Bonchev–Trinajstić information content (AvgIpc) is 3.22. The van der Waals surface area contributed by atoms with Gasteiger partial charge in [0.1, 0.15) is 5.82 Å². The van der Waals surface area contributed by atoms with E-state index in [-0.39, 0.29) is 22.3 Å². The number of hydrogen-bond donors (Lipinski definition) is 2. The average molecular weight is 419 g/mol. The van der Waals surface area contributed by atoms with Crippen LogP contribution >= 0.6 is 11.3 Å². The van der Waals surface area contributed by atoms with E-state index < -0.39 is 15.9 Å². The number of sulfonamides is 1. The molecule has 0 aliphatic rings. The minimum Gasteiger partial charge on any atom is -0.345 e. The van der Waals surface area contributed by atoms with E-state index in [1.54, 1.807) is 25.1 Å². The van der Waals surface area contributed by atoms with Crippen LogP contribution in [-0.4, -0.2) is 21.4 Å². The number of carbonyl (C=O) groups is 1. The summed E-state index contributed by atoms with van der Waals surface area (Å²) in [6.07, 6.45) is 0. The van der Waals surface area contributed by atoms with Crippen molar-refractivity contribution >= 4 is 27.3 Å². The number of carbonyl (C=O) groups excluding carboxylic acids is 1. The van der Waals surface area contributed by atoms with Crippen LogP contribution in [0.2, 0.25) is 0 Å². The Labute approximate surface area is 167 Å². The first kappa shape index (κ1) is 20.2. The Kier molecular flexibility index (Phi) is 5.93. The molecule has 28 heavy (non-hydrogen) atoms. The summed E-state index contributed by atoms with van der Waals surface area (Å²) in [5.41, 5.74) is 1.65. The van der Waals surface area contributed by atoms with Crippen molar-refractivity contribution < 1.29 is 17.6 Å². The predicted octanol–water partition coefficient (Wildman–Crippen LogP) is 3.95. The third-order valence-corrected chi connectivity index (χ3v) is 6.63. The van der Waals surface area contributed by atoms with Gasteiger partial charge in [0, 0.05) is 16.0 Å². The first-order chi connectivity index (χ1) is 13.3. The molecule has 0 bridgehead atoms. The van der Waals surface area contributed by atoms with Gasteiger partial charge in [0.05, 0.1) is 10.9 Å². The van der Waals surface area contributed by atoms with Gasteiger partial charge in [0.2, 0.25) is 10.0 Å². The van der Waals surface area contributed by atoms with Crippen LogP contribution in [0, 0.1) is 5.82 Å². The highest BCUT2D eigenvalue weighted by Crippen LogP contribution is 2.30. The third-order valence-electron chi connectivity index (χ3n) is 4.32. The summed E-state index contributed by atoms with van der Waals surface area (Å²) in [5, 5.41) is 4.74. The standard InChI is InChI=1S/C20H19FN2O3S2/c1-13(14-5-7-15(21)8-6-14)23-20(24)18-12-16(28(25,26)22-2)9-10-17(18)19-4-3-11-27-19/h3-13,22H,1-2H3,(H,23,24). The van der Waals surface area contributed by atoms with E-state index in [0.717, 1.165) is 10.4 Å². The maximum Gasteiger partial charge on any atom is 0.252 e. The molecule has 1 amide bonds. The van der Waals surface area contributed by atoms with Gasteiger partial charge in [0.25, 0.3) is 5.91 Å². The number of benzene rings is 2. The maximum atomic E-state index is 13.1. The highest BCUT2D eigenvalue weighted by atomic mass is 32.2. The van der Waals surface area contributed by atoms with Gasteiger partial charge < -0.3 is 5.32 Å². The van der Waals surface area contributed by atoms with E-state index in [4.69, 9.17) is 0 Å². The fourth-order valence-electron chi connectivity index (χ4n) is 2.75. The van der Waals surface area contributed by atoms with Crippen molar-refractivity contribution in [2.75, 3.05) is 7.05 Å². The lowest BCUT2D eigenvalue weighted by atomic mass is 10.0. The molecule has 1 aromatic heterocycles. The lowest BCUT2D eigenvalue weighted by Crippen LogP contribution is -2.27. The first-order valence-electron chi connectivity index (χ1n) is 8.49. The van der Waals surface area contributed by atoms with Crippen molar-refractivity contribution in [2.24, 2.45) is 0 Å². The van der Waals surface area contributed by atoms with Crippen LogP contribution in [0.3, 0.4) is 0 Å². The third kappa shape index (κ3) is 4.30. The Morgan fingerprint density at radius 2 is 1.82 bits per heavy atom. The molecule has 0 saturated carbocycles. The molecule has 0 radical (unpaired) electrons. The second-order valence-electron chi connectivity index (χ2n) is 6.14. The number of rotatable bonds is 6. The van der Waals surface area contributed by atoms with Crippen molar-refractivity contribution in [3.8, 4) is 10.4 Å². The number of thiophene rings is 1. The molecule has 0 aliphatic heterocycles. The zero-order valence-electron chi connectivity index (χ0n) is 15.3. The Balaban J connectivity index is 1.98. The Morgan fingerprint density at radius 1 is 1.11 bits per heavy atom. The summed E-state index contributed by atoms with van der Waals surface area (Å²) in [4.78, 5) is 13.8. The zero-order chi connectivity index (χ0) is 20.3. The molecular formula is C20H19FN2O3S2. The quantitative estimate of drug-likeness (QED) is 0.636. The van der Waals surface area contributed by atoms with Gasteiger partial charge in [-0.3, -0.25) is 4.79 Å². The molecule has 1 atom stereocenters. The summed E-state index contributed by atoms with van der Waals surface area (Å²) in [6.45, 7) is 1.78. The van der Waals surface area contributed by atoms with Crippen molar-refractivity contribution in [2.45, 2.75) is 17.9 Å². The van der Waals surface area contributed by atoms with E-state index in [9.17, 15) is 17.6 Å². The Hall–Kier alpha value is -2.55. The smallest absolute Gasteiger partial charge is 0.252 e. The molecule has 0 fully saturated rings. The van der Waals surface area contributed by atoms with Gasteiger partial charge in [-0.25, -0.2) is 17.5 Å². The molecule has 3 aromatic rings. The van der Waals surface area contributed by atoms with Crippen LogP contribution < -0.4 is 10.0 Å². The second-order valence-corrected chi connectivity index (χ2v) is 8.97. The largest absolute Gasteiger partial charge is 0.345 e. The van der Waals surface area contributed by atoms with Crippen molar-refractivity contribution in [1.82, 2.24) is 10.0 Å². The first-order valence-corrected chi connectivity index (χ1v) is 10.9. The number of amides is 1. The molecule has 2 aromatic carbocycles. The van der Waals surface area contributed by atoms with Gasteiger partial charge in [-0.15, -0.1) is 11.3 Å². The van der Waals surface area contributed by atoms with Crippen molar-refractivity contribution in [1.29, 1.82) is 0 Å². The van der Waals surface area contributed by atoms with Crippen LogP contribution in [0.15, 0.2) is 64.9 Å². The summed E-state index contributed by atoms with van der Waals surface area (Å²) in [5.74, 6) is -0.763. The summed E-state index contributed by atoms with van der Waals surface area (Å²) < 4.78 is 39.7. The van der Waals surface area contributed by atoms with Crippen molar-refractivity contribution in [3.63, 3.8) is 0 Å². The van der Waals surface area contributed by atoms with E-state index in [0.29, 0.717) is 5.56 Å². The molecule has 0 saturated heterocycles. The monoisotopic (exact) mass is 418 g/mol. The van der Waals surface area contributed by atoms with Crippen LogP contribution in [-0.2, 0) is 10.0 Å². The lowest BCUT2D eigenvalue weighted by Gasteiger charge is -2.17. The summed E-state index contributed by atoms with van der Waals surface area (Å²) in [7, 11) is -2.38. The van der Waals surface area contributed by atoms with Gasteiger partial charge >= 0.3 is 0 Å². The van der Waals surface area contributed by atoms with Crippen molar-refractivity contribution in [3.05, 3.63) is 76.9 Å². The molecular weight excluding hydrogens is 399 g/mol. The lowest BCUT2D eigenvalue weighted by molar-refractivity contribution is 0.0940. The van der Waals surface area contributed by atoms with Crippen LogP contribution in [0.1, 0.15) is 28.9 Å². The van der Waals surface area contributed by atoms with Gasteiger partial charge in [-0.2, -0.15) is 0 Å². The number of hydrogen-bond acceptors (Lipinski definition) is 4. The van der Waals surface area contributed by atoms with Gasteiger partial charge in [-0.05, 0) is 55.2 Å². The van der Waals surface area contributed by atoms with Gasteiger partial charge in [0.15, 0.2) is 0 Å². The van der Waals surface area contributed by atoms with E-state index >= 15 is 0 Å². The fourth-order valence-corrected chi connectivity index (χ4v) is 4.27. The minimum absolute atomic E-state index is 0.00916. The molecule has 8 heteroatoms. The molecule has 0 spiro atoms. The van der Waals surface area contributed by atoms with Crippen LogP contribution in [0.25, 0.3) is 10.4 Å². The second kappa shape index (κ2) is 8.22. The fraction of sp³-hybridized carbons (Fsp3) is 0.150. The SMILES string of the molecule is CNS(=O)(=O)c1ccc(-c2cccs2)c(C(=O)NC(C)c2ccc(F)cc2)c1. The predicted molar refractivity (Wildman–Crippen MR) is 108 cm³/mol. The summed E-state index contributed by atoms with van der Waals surface area (Å²) in [6, 6.07) is 13.7. The highest BCUT2D eigenvalue weighted by Gasteiger charge is 2.21. The molecule has 2 N–H and O–H groups in total. The zero-order valence-corrected chi connectivity index (χ0v) is 16.9. The van der Waals surface area contributed by atoms with E-state index in [1.807, 2.05) is 17.5 Å². The topological polar surface area (TPSA) is 75.3 Å². The highest BCUT2D eigenvalue weighted by molar-refractivity contribution is 7.89. The van der Waals surface area contributed by atoms with E-state index in [1.165, 1.54) is 42.6 Å². The Morgan fingerprint density at radius 3 is 2.43 bits per heavy atom. The molecule has 5 nitrogen and oxygen atoms in total. The van der Waals surface area contributed by atoms with Crippen LogP contribution in [0.4, 0.5) is 4.39 Å². The summed E-state index contributed by atoms with van der Waals surface area (Å²) >= 11 is 1.46. The molecule has 1 heterocycles. The minimum atomic E-state index is -3.69. The van der Waals surface area contributed by atoms with Gasteiger partial charge in [-0.1, -0.05) is 24.3 Å². The van der Waals surface area contributed by atoms with Crippen LogP contribution in [0.5, 0.6) is 0 Å². The number of nitrogens with one attached hydrogen (secondary N) is 2. The molecule has 146 valence electrons. The normalized spacial score (nSPS) is 12.5. The molecule has 1 unspecified atom stereocenters. The molecule has 0 aliphatic carbocycles. The maximum absolute atomic E-state index is 13.1. The van der Waals surface area contributed by atoms with E-state index in [2.05, 4.69) is 10.0 Å². The molecule has 3 rings (SSSR count).